The number of benzene rings is 3. The molecule has 150 valence electrons. The minimum absolute atomic E-state index is 0.137. The Bertz CT molecular complexity index is 941. The van der Waals surface area contributed by atoms with Gasteiger partial charge in [0.05, 0.1) is 0 Å². The maximum absolute atomic E-state index is 13.1. The molecule has 0 radical (unpaired) electrons. The summed E-state index contributed by atoms with van der Waals surface area (Å²) in [6, 6.07) is 21.1. The summed E-state index contributed by atoms with van der Waals surface area (Å²) in [6.07, 6.45) is -1.46. The number of carboxylic acids is 1. The maximum Gasteiger partial charge on any atom is 0.350 e. The molecule has 0 aliphatic heterocycles. The van der Waals surface area contributed by atoms with E-state index >= 15 is 0 Å². The summed E-state index contributed by atoms with van der Waals surface area (Å²) < 4.78 is 24.3. The van der Waals surface area contributed by atoms with Crippen molar-refractivity contribution in [3.63, 3.8) is 0 Å². The molecule has 3 rings (SSSR count). The number of aliphatic carboxylic acids is 1. The molecule has 6 heteroatoms. The van der Waals surface area contributed by atoms with Gasteiger partial charge in [0.25, 0.3) is 0 Å². The Kier molecular flexibility index (Phi) is 6.14. The van der Waals surface area contributed by atoms with E-state index < -0.39 is 23.5 Å². The first-order valence-corrected chi connectivity index (χ1v) is 9.01. The zero-order valence-corrected chi connectivity index (χ0v) is 15.8. The van der Waals surface area contributed by atoms with E-state index in [-0.39, 0.29) is 5.75 Å². The van der Waals surface area contributed by atoms with Crippen molar-refractivity contribution in [2.75, 3.05) is 0 Å². The van der Waals surface area contributed by atoms with Crippen molar-refractivity contribution < 1.29 is 28.9 Å². The van der Waals surface area contributed by atoms with Crippen LogP contribution in [0.25, 0.3) is 0 Å². The molecular formula is C23H21FO5. The van der Waals surface area contributed by atoms with Gasteiger partial charge in [-0.2, -0.15) is 0 Å². The van der Waals surface area contributed by atoms with Crippen molar-refractivity contribution in [2.45, 2.75) is 25.2 Å². The van der Waals surface area contributed by atoms with E-state index in [4.69, 9.17) is 9.47 Å². The fourth-order valence-electron chi connectivity index (χ4n) is 2.77. The second-order valence-electron chi connectivity index (χ2n) is 6.71. The first kappa shape index (κ1) is 20.4. The largest absolute Gasteiger partial charge is 0.489 e. The van der Waals surface area contributed by atoms with E-state index in [0.717, 1.165) is 17.7 Å². The molecule has 0 aliphatic rings. The van der Waals surface area contributed by atoms with Gasteiger partial charge < -0.3 is 19.7 Å². The van der Waals surface area contributed by atoms with Crippen LogP contribution in [0, 0.1) is 5.82 Å². The lowest BCUT2D eigenvalue weighted by molar-refractivity contribution is -0.164. The van der Waals surface area contributed by atoms with Gasteiger partial charge in [-0.3, -0.25) is 0 Å². The third-order valence-electron chi connectivity index (χ3n) is 4.53. The Labute approximate surface area is 168 Å². The summed E-state index contributed by atoms with van der Waals surface area (Å²) in [5.74, 6) is -1.10. The molecule has 0 spiro atoms. The van der Waals surface area contributed by atoms with E-state index in [0.29, 0.717) is 17.9 Å². The molecular weight excluding hydrogens is 375 g/mol. The average molecular weight is 396 g/mol. The average Bonchev–Trinajstić information content (AvgIpc) is 2.74. The Morgan fingerprint density at radius 1 is 0.966 bits per heavy atom. The number of halogens is 1. The van der Waals surface area contributed by atoms with Gasteiger partial charge in [0, 0.05) is 0 Å². The zero-order chi connectivity index (χ0) is 20.9. The minimum Gasteiger partial charge on any atom is -0.489 e. The van der Waals surface area contributed by atoms with E-state index in [1.54, 1.807) is 24.3 Å². The van der Waals surface area contributed by atoms with Crippen molar-refractivity contribution in [1.29, 1.82) is 0 Å². The summed E-state index contributed by atoms with van der Waals surface area (Å²) in [7, 11) is 0. The smallest absolute Gasteiger partial charge is 0.350 e. The summed E-state index contributed by atoms with van der Waals surface area (Å²) in [6.45, 7) is 1.66. The van der Waals surface area contributed by atoms with Gasteiger partial charge in [-0.05, 0) is 54.4 Å². The minimum atomic E-state index is -1.97. The predicted octanol–water partition coefficient (Wildman–Crippen LogP) is 4.36. The van der Waals surface area contributed by atoms with Crippen LogP contribution >= 0.6 is 0 Å². The Hall–Kier alpha value is -3.38. The summed E-state index contributed by atoms with van der Waals surface area (Å²) in [4.78, 5) is 11.8. The van der Waals surface area contributed by atoms with Gasteiger partial charge in [-0.1, -0.05) is 42.5 Å². The second kappa shape index (κ2) is 8.75. The zero-order valence-electron chi connectivity index (χ0n) is 15.8. The monoisotopic (exact) mass is 396 g/mol. The van der Waals surface area contributed by atoms with E-state index in [9.17, 15) is 19.4 Å². The molecule has 0 saturated carbocycles. The van der Waals surface area contributed by atoms with Crippen LogP contribution in [0.5, 0.6) is 11.5 Å². The first-order chi connectivity index (χ1) is 13.9. The van der Waals surface area contributed by atoms with Crippen molar-refractivity contribution in [3.05, 3.63) is 95.8 Å². The third-order valence-corrected chi connectivity index (χ3v) is 4.53. The lowest BCUT2D eigenvalue weighted by atomic mass is 9.92. The van der Waals surface area contributed by atoms with Gasteiger partial charge >= 0.3 is 5.97 Å². The third kappa shape index (κ3) is 4.92. The second-order valence-corrected chi connectivity index (χ2v) is 6.71. The number of rotatable bonds is 8. The quantitative estimate of drug-likeness (QED) is 0.592. The van der Waals surface area contributed by atoms with Crippen molar-refractivity contribution >= 4 is 5.97 Å². The number of carbonyl (C=O) groups is 1. The van der Waals surface area contributed by atoms with Crippen molar-refractivity contribution in [1.82, 2.24) is 0 Å². The molecule has 0 fully saturated rings. The Morgan fingerprint density at radius 3 is 2.14 bits per heavy atom. The normalized spacial score (nSPS) is 13.9. The number of carboxylic acid groups (broad SMARTS) is 1. The van der Waals surface area contributed by atoms with E-state index in [1.165, 1.54) is 19.1 Å². The molecule has 0 aliphatic carbocycles. The van der Waals surface area contributed by atoms with Gasteiger partial charge in [-0.15, -0.1) is 0 Å². The van der Waals surface area contributed by atoms with Crippen LogP contribution < -0.4 is 9.47 Å². The molecule has 0 aromatic heterocycles. The Morgan fingerprint density at radius 2 is 1.55 bits per heavy atom. The highest BCUT2D eigenvalue weighted by molar-refractivity contribution is 5.78. The van der Waals surface area contributed by atoms with E-state index in [2.05, 4.69) is 0 Å². The highest BCUT2D eigenvalue weighted by atomic mass is 19.1. The lowest BCUT2D eigenvalue weighted by Gasteiger charge is -2.31. The predicted molar refractivity (Wildman–Crippen MR) is 105 cm³/mol. The van der Waals surface area contributed by atoms with Crippen molar-refractivity contribution in [3.8, 4) is 11.5 Å². The van der Waals surface area contributed by atoms with Crippen LogP contribution in [0.1, 0.15) is 24.2 Å². The number of hydrogen-bond acceptors (Lipinski definition) is 4. The van der Waals surface area contributed by atoms with Gasteiger partial charge in [0.1, 0.15) is 30.0 Å². The molecule has 0 heterocycles. The first-order valence-electron chi connectivity index (χ1n) is 9.01. The fourth-order valence-corrected chi connectivity index (χ4v) is 2.77. The van der Waals surface area contributed by atoms with E-state index in [1.807, 2.05) is 30.3 Å². The van der Waals surface area contributed by atoms with Crippen LogP contribution in [0.15, 0.2) is 78.9 Å². The van der Waals surface area contributed by atoms with Gasteiger partial charge in [-0.25, -0.2) is 9.18 Å². The van der Waals surface area contributed by atoms with Crippen LogP contribution in [0.4, 0.5) is 4.39 Å². The highest BCUT2D eigenvalue weighted by Crippen LogP contribution is 2.32. The Balaban J connectivity index is 1.73. The fraction of sp³-hybridized carbons (Fsp3) is 0.174. The molecule has 29 heavy (non-hydrogen) atoms. The molecule has 2 atom stereocenters. The maximum atomic E-state index is 13.1. The molecule has 0 bridgehead atoms. The highest BCUT2D eigenvalue weighted by Gasteiger charge is 2.44. The summed E-state index contributed by atoms with van der Waals surface area (Å²) >= 11 is 0. The molecule has 3 aromatic rings. The molecule has 0 amide bonds. The molecule has 2 N–H and O–H groups in total. The van der Waals surface area contributed by atoms with Crippen LogP contribution in [0.3, 0.4) is 0 Å². The summed E-state index contributed by atoms with van der Waals surface area (Å²) in [5.41, 5.74) is -0.601. The topological polar surface area (TPSA) is 76.0 Å². The van der Waals surface area contributed by atoms with Crippen LogP contribution in [-0.2, 0) is 11.4 Å². The number of ether oxygens (including phenoxy) is 2. The molecule has 5 nitrogen and oxygen atoms in total. The SMILES string of the molecule is CC(Oc1ccc(F)cc1)(C(=O)O)C(O)c1ccc(OCc2ccccc2)cc1. The van der Waals surface area contributed by atoms with Gasteiger partial charge in [0.2, 0.25) is 5.60 Å². The summed E-state index contributed by atoms with van der Waals surface area (Å²) in [5, 5.41) is 20.4. The van der Waals surface area contributed by atoms with Gasteiger partial charge in [0.15, 0.2) is 0 Å². The van der Waals surface area contributed by atoms with Crippen molar-refractivity contribution in [2.24, 2.45) is 0 Å². The standard InChI is InChI=1S/C23H21FO5/c1-23(22(26)27,29-20-13-9-18(24)10-14-20)21(25)17-7-11-19(12-8-17)28-15-16-5-3-2-4-6-16/h2-14,21,25H,15H2,1H3,(H,26,27). The van der Waals surface area contributed by atoms with Crippen LogP contribution in [-0.4, -0.2) is 21.8 Å². The van der Waals surface area contributed by atoms with Crippen LogP contribution in [0.2, 0.25) is 0 Å². The molecule has 3 aromatic carbocycles. The molecule has 0 saturated heterocycles. The number of hydrogen-bond donors (Lipinski definition) is 2. The molecule has 2 unspecified atom stereocenters. The lowest BCUT2D eigenvalue weighted by Crippen LogP contribution is -2.47. The number of aliphatic hydroxyl groups is 1. The number of aliphatic hydroxyl groups excluding tert-OH is 1.